The first-order chi connectivity index (χ1) is 10.1. The topological polar surface area (TPSA) is 76.4 Å². The highest BCUT2D eigenvalue weighted by Crippen LogP contribution is 2.30. The van der Waals surface area contributed by atoms with Crippen molar-refractivity contribution >= 4 is 22.7 Å². The quantitative estimate of drug-likeness (QED) is 0.624. The third-order valence-electron chi connectivity index (χ3n) is 2.90. The Morgan fingerprint density at radius 2 is 1.90 bits per heavy atom. The highest BCUT2D eigenvalue weighted by Gasteiger charge is 2.11. The number of methoxy groups -OCH3 is 1. The molecule has 2 aromatic rings. The van der Waals surface area contributed by atoms with Crippen LogP contribution in [0.3, 0.4) is 0 Å². The number of nitro benzene ring substituents is 1. The van der Waals surface area contributed by atoms with Crippen LogP contribution in [-0.2, 0) is 0 Å². The molecule has 2 aromatic carbocycles. The third kappa shape index (κ3) is 3.62. The van der Waals surface area contributed by atoms with Crippen LogP contribution in [0, 0.1) is 10.1 Å². The maximum absolute atomic E-state index is 11.0. The Morgan fingerprint density at radius 1 is 1.19 bits per heavy atom. The minimum atomic E-state index is -0.408. The zero-order valence-electron chi connectivity index (χ0n) is 11.9. The number of para-hydroxylation sites is 2. The zero-order valence-corrected chi connectivity index (χ0v) is 11.9. The number of hydrogen-bond acceptors (Lipinski definition) is 5. The maximum Gasteiger partial charge on any atom is 0.273 e. The summed E-state index contributed by atoms with van der Waals surface area (Å²) in [6.45, 7) is 2.63. The van der Waals surface area contributed by atoms with Crippen molar-refractivity contribution in [2.75, 3.05) is 24.3 Å². The number of hydrogen-bond donors (Lipinski definition) is 2. The van der Waals surface area contributed by atoms with Crippen LogP contribution in [0.1, 0.15) is 6.92 Å². The summed E-state index contributed by atoms with van der Waals surface area (Å²) in [5, 5.41) is 17.2. The van der Waals surface area contributed by atoms with Gasteiger partial charge in [0, 0.05) is 30.1 Å². The number of benzene rings is 2. The van der Waals surface area contributed by atoms with Gasteiger partial charge in [-0.2, -0.15) is 0 Å². The second-order valence-corrected chi connectivity index (χ2v) is 4.38. The largest absolute Gasteiger partial charge is 0.495 e. The maximum atomic E-state index is 11.0. The smallest absolute Gasteiger partial charge is 0.273 e. The molecule has 0 spiro atoms. The zero-order chi connectivity index (χ0) is 15.2. The number of ether oxygens (including phenoxy) is 1. The molecule has 21 heavy (non-hydrogen) atoms. The minimum Gasteiger partial charge on any atom is -0.495 e. The molecule has 2 rings (SSSR count). The van der Waals surface area contributed by atoms with E-state index in [1.165, 1.54) is 12.1 Å². The van der Waals surface area contributed by atoms with Gasteiger partial charge in [0.25, 0.3) is 5.69 Å². The molecule has 0 bridgehead atoms. The molecule has 0 aliphatic heterocycles. The average molecular weight is 287 g/mol. The van der Waals surface area contributed by atoms with Crippen LogP contribution in [0.4, 0.5) is 22.7 Å². The average Bonchev–Trinajstić information content (AvgIpc) is 2.48. The fourth-order valence-corrected chi connectivity index (χ4v) is 2.00. The molecule has 0 amide bonds. The summed E-state index contributed by atoms with van der Waals surface area (Å²) >= 11 is 0. The van der Waals surface area contributed by atoms with Crippen LogP contribution >= 0.6 is 0 Å². The SMILES string of the molecule is CCNc1cc(Nc2ccccc2OC)cc([N+](=O)[O-])c1. The molecule has 0 radical (unpaired) electrons. The summed E-state index contributed by atoms with van der Waals surface area (Å²) in [5.74, 6) is 0.675. The predicted octanol–water partition coefficient (Wildman–Crippen LogP) is 3.78. The molecular formula is C15H17N3O3. The molecule has 0 aliphatic rings. The number of nitrogens with zero attached hydrogens (tertiary/aromatic N) is 1. The second-order valence-electron chi connectivity index (χ2n) is 4.38. The van der Waals surface area contributed by atoms with Gasteiger partial charge in [0.05, 0.1) is 17.7 Å². The summed E-state index contributed by atoms with van der Waals surface area (Å²) in [6.07, 6.45) is 0. The molecule has 0 fully saturated rings. The first kappa shape index (κ1) is 14.6. The third-order valence-corrected chi connectivity index (χ3v) is 2.90. The van der Waals surface area contributed by atoms with E-state index in [0.29, 0.717) is 23.7 Å². The summed E-state index contributed by atoms with van der Waals surface area (Å²) in [6, 6.07) is 12.2. The number of nitrogens with one attached hydrogen (secondary N) is 2. The Morgan fingerprint density at radius 3 is 2.57 bits per heavy atom. The Hall–Kier alpha value is -2.76. The summed E-state index contributed by atoms with van der Waals surface area (Å²) < 4.78 is 5.26. The van der Waals surface area contributed by atoms with E-state index in [2.05, 4.69) is 10.6 Å². The first-order valence-electron chi connectivity index (χ1n) is 6.57. The van der Waals surface area contributed by atoms with Gasteiger partial charge in [-0.1, -0.05) is 12.1 Å². The molecule has 0 saturated carbocycles. The number of non-ortho nitro benzene ring substituents is 1. The van der Waals surface area contributed by atoms with Gasteiger partial charge in [0.15, 0.2) is 0 Å². The van der Waals surface area contributed by atoms with E-state index in [0.717, 1.165) is 5.69 Å². The standard InChI is InChI=1S/C15H17N3O3/c1-3-16-11-8-12(10-13(9-11)18(19)20)17-14-6-4-5-7-15(14)21-2/h4-10,16-17H,3H2,1-2H3. The molecule has 0 unspecified atom stereocenters. The van der Waals surface area contributed by atoms with Gasteiger partial charge < -0.3 is 15.4 Å². The number of nitro groups is 1. The lowest BCUT2D eigenvalue weighted by molar-refractivity contribution is -0.384. The van der Waals surface area contributed by atoms with Crippen LogP contribution in [0.25, 0.3) is 0 Å². The van der Waals surface area contributed by atoms with Crippen molar-refractivity contribution in [1.82, 2.24) is 0 Å². The summed E-state index contributed by atoms with van der Waals surface area (Å²) in [5.41, 5.74) is 2.11. The Bertz CT molecular complexity index is 644. The Labute approximate surface area is 122 Å². The van der Waals surface area contributed by atoms with Crippen molar-refractivity contribution in [3.63, 3.8) is 0 Å². The monoisotopic (exact) mass is 287 g/mol. The lowest BCUT2D eigenvalue weighted by atomic mass is 10.2. The van der Waals surface area contributed by atoms with Crippen LogP contribution < -0.4 is 15.4 Å². The van der Waals surface area contributed by atoms with Crippen LogP contribution in [0.15, 0.2) is 42.5 Å². The van der Waals surface area contributed by atoms with Crippen molar-refractivity contribution in [3.8, 4) is 5.75 Å². The lowest BCUT2D eigenvalue weighted by Crippen LogP contribution is -2.00. The summed E-state index contributed by atoms with van der Waals surface area (Å²) in [7, 11) is 1.58. The van der Waals surface area contributed by atoms with Crippen molar-refractivity contribution < 1.29 is 9.66 Å². The van der Waals surface area contributed by atoms with Gasteiger partial charge >= 0.3 is 0 Å². The molecule has 0 saturated heterocycles. The van der Waals surface area contributed by atoms with Crippen molar-refractivity contribution in [1.29, 1.82) is 0 Å². The molecule has 2 N–H and O–H groups in total. The van der Waals surface area contributed by atoms with Crippen LogP contribution in [-0.4, -0.2) is 18.6 Å². The first-order valence-corrected chi connectivity index (χ1v) is 6.57. The van der Waals surface area contributed by atoms with E-state index in [1.807, 2.05) is 37.3 Å². The second kappa shape index (κ2) is 6.60. The fourth-order valence-electron chi connectivity index (χ4n) is 2.00. The molecule has 0 atom stereocenters. The normalized spacial score (nSPS) is 10.0. The van der Waals surface area contributed by atoms with E-state index >= 15 is 0 Å². The van der Waals surface area contributed by atoms with Gasteiger partial charge in [-0.15, -0.1) is 0 Å². The van der Waals surface area contributed by atoms with Gasteiger partial charge in [-0.05, 0) is 25.1 Å². The predicted molar refractivity (Wildman–Crippen MR) is 83.5 cm³/mol. The molecular weight excluding hydrogens is 270 g/mol. The summed E-state index contributed by atoms with van der Waals surface area (Å²) in [4.78, 5) is 10.6. The molecule has 6 nitrogen and oxygen atoms in total. The Balaban J connectivity index is 2.36. The number of rotatable bonds is 6. The molecule has 110 valence electrons. The molecule has 0 aliphatic carbocycles. The van der Waals surface area contributed by atoms with E-state index in [-0.39, 0.29) is 5.69 Å². The van der Waals surface area contributed by atoms with Crippen molar-refractivity contribution in [3.05, 3.63) is 52.6 Å². The fraction of sp³-hybridized carbons (Fsp3) is 0.200. The Kier molecular flexibility index (Phi) is 4.61. The van der Waals surface area contributed by atoms with Crippen LogP contribution in [0.5, 0.6) is 5.75 Å². The van der Waals surface area contributed by atoms with Crippen molar-refractivity contribution in [2.45, 2.75) is 6.92 Å². The lowest BCUT2D eigenvalue weighted by Gasteiger charge is -2.12. The van der Waals surface area contributed by atoms with Gasteiger partial charge in [0.1, 0.15) is 5.75 Å². The van der Waals surface area contributed by atoms with Crippen molar-refractivity contribution in [2.24, 2.45) is 0 Å². The number of anilines is 3. The van der Waals surface area contributed by atoms with Crippen LogP contribution in [0.2, 0.25) is 0 Å². The van der Waals surface area contributed by atoms with Gasteiger partial charge in [0.2, 0.25) is 0 Å². The van der Waals surface area contributed by atoms with Gasteiger partial charge in [-0.3, -0.25) is 10.1 Å². The van der Waals surface area contributed by atoms with E-state index in [4.69, 9.17) is 4.74 Å². The molecule has 0 heterocycles. The molecule has 6 heteroatoms. The molecule has 0 aromatic heterocycles. The minimum absolute atomic E-state index is 0.0332. The van der Waals surface area contributed by atoms with Gasteiger partial charge in [-0.25, -0.2) is 0 Å². The van der Waals surface area contributed by atoms with E-state index in [1.54, 1.807) is 7.11 Å². The highest BCUT2D eigenvalue weighted by molar-refractivity contribution is 5.71. The highest BCUT2D eigenvalue weighted by atomic mass is 16.6. The van der Waals surface area contributed by atoms with E-state index < -0.39 is 4.92 Å². The van der Waals surface area contributed by atoms with E-state index in [9.17, 15) is 10.1 Å².